The predicted molar refractivity (Wildman–Crippen MR) is 133 cm³/mol. The molecule has 2 heterocycles. The van der Waals surface area contributed by atoms with E-state index in [4.69, 9.17) is 15.9 Å². The van der Waals surface area contributed by atoms with Crippen LogP contribution in [0.2, 0.25) is 0 Å². The molecule has 0 amide bonds. The van der Waals surface area contributed by atoms with Crippen LogP contribution in [0.3, 0.4) is 0 Å². The zero-order valence-electron chi connectivity index (χ0n) is 19.2. The Labute approximate surface area is 204 Å². The minimum Gasteiger partial charge on any atom is -0.478 e. The third-order valence-corrected chi connectivity index (χ3v) is 5.08. The first kappa shape index (κ1) is 27.6. The van der Waals surface area contributed by atoms with Gasteiger partial charge in [-0.3, -0.25) is 0 Å². The SMILES string of the molecule is NCCc1c[nH]c2ccc(Cn3[nH]c(=O)n(Cc4ccccc4)c3=O)cc12.O.O=C(O)/C=C\C(=O)O. The van der Waals surface area contributed by atoms with Gasteiger partial charge in [0.15, 0.2) is 0 Å². The van der Waals surface area contributed by atoms with Crippen molar-refractivity contribution in [2.45, 2.75) is 19.5 Å². The highest BCUT2D eigenvalue weighted by atomic mass is 16.4. The molecule has 12 nitrogen and oxygen atoms in total. The van der Waals surface area contributed by atoms with E-state index in [1.807, 2.05) is 54.7 Å². The summed E-state index contributed by atoms with van der Waals surface area (Å²) in [6, 6.07) is 15.4. The van der Waals surface area contributed by atoms with Crippen LogP contribution in [-0.4, -0.2) is 53.5 Å². The van der Waals surface area contributed by atoms with Gasteiger partial charge in [-0.05, 0) is 41.8 Å². The van der Waals surface area contributed by atoms with Gasteiger partial charge < -0.3 is 26.4 Å². The molecule has 4 aromatic rings. The van der Waals surface area contributed by atoms with Crippen LogP contribution < -0.4 is 17.1 Å². The van der Waals surface area contributed by atoms with Crippen molar-refractivity contribution in [3.05, 3.63) is 105 Å². The molecule has 4 rings (SSSR count). The summed E-state index contributed by atoms with van der Waals surface area (Å²) in [5.74, 6) is -2.51. The Bertz CT molecular complexity index is 1450. The number of H-pyrrole nitrogens is 2. The van der Waals surface area contributed by atoms with Gasteiger partial charge in [0.25, 0.3) is 0 Å². The van der Waals surface area contributed by atoms with E-state index in [2.05, 4.69) is 10.1 Å². The third kappa shape index (κ3) is 7.16. The van der Waals surface area contributed by atoms with Gasteiger partial charge in [0.1, 0.15) is 0 Å². The number of rotatable bonds is 8. The molecular formula is C24H27N5O7. The molecule has 0 unspecified atom stereocenters. The van der Waals surface area contributed by atoms with Crippen molar-refractivity contribution in [1.29, 1.82) is 0 Å². The largest absolute Gasteiger partial charge is 0.478 e. The number of aromatic nitrogens is 4. The first-order chi connectivity index (χ1) is 16.8. The summed E-state index contributed by atoms with van der Waals surface area (Å²) in [4.78, 5) is 47.2. The summed E-state index contributed by atoms with van der Waals surface area (Å²) in [5.41, 5.74) is 8.95. The Morgan fingerprint density at radius 2 is 1.61 bits per heavy atom. The number of carbonyl (C=O) groups is 2. The number of nitrogens with one attached hydrogen (secondary N) is 2. The lowest BCUT2D eigenvalue weighted by Gasteiger charge is -2.04. The Morgan fingerprint density at radius 1 is 0.944 bits per heavy atom. The van der Waals surface area contributed by atoms with E-state index in [-0.39, 0.29) is 17.7 Å². The topological polar surface area (TPSA) is 208 Å². The molecule has 0 aliphatic rings. The second kappa shape index (κ2) is 12.7. The molecule has 190 valence electrons. The molecule has 0 aliphatic heterocycles. The molecule has 12 heteroatoms. The number of nitrogens with two attached hydrogens (primary N) is 1. The standard InChI is InChI=1S/C20H21N5O2.C4H4O4.H2O/c21-9-8-16-11-22-18-7-6-15(10-17(16)18)13-25-20(27)24(19(26)23-25)12-14-4-2-1-3-5-14;5-3(6)1-2-4(7)8;/h1-7,10-11,22H,8-9,12-13,21H2,(H,23,26);1-2H,(H,5,6)(H,7,8);1H2/b;2-1-;. The number of benzene rings is 2. The smallest absolute Gasteiger partial charge is 0.347 e. The highest BCUT2D eigenvalue weighted by molar-refractivity contribution is 5.89. The molecule has 8 N–H and O–H groups in total. The molecule has 0 aliphatic carbocycles. The summed E-state index contributed by atoms with van der Waals surface area (Å²) in [7, 11) is 0. The van der Waals surface area contributed by atoms with Crippen LogP contribution in [0.4, 0.5) is 0 Å². The van der Waals surface area contributed by atoms with E-state index in [1.54, 1.807) is 0 Å². The van der Waals surface area contributed by atoms with Crippen LogP contribution in [0, 0.1) is 0 Å². The fourth-order valence-electron chi connectivity index (χ4n) is 3.48. The van der Waals surface area contributed by atoms with E-state index in [0.717, 1.165) is 34.0 Å². The molecule has 2 aromatic heterocycles. The van der Waals surface area contributed by atoms with Crippen molar-refractivity contribution in [1.82, 2.24) is 19.3 Å². The van der Waals surface area contributed by atoms with E-state index < -0.39 is 17.6 Å². The maximum atomic E-state index is 12.7. The average Bonchev–Trinajstić information content (AvgIpc) is 3.34. The number of hydrogen-bond donors (Lipinski definition) is 5. The fourth-order valence-corrected chi connectivity index (χ4v) is 3.48. The van der Waals surface area contributed by atoms with Gasteiger partial charge >= 0.3 is 23.3 Å². The summed E-state index contributed by atoms with van der Waals surface area (Å²) >= 11 is 0. The first-order valence-corrected chi connectivity index (χ1v) is 10.6. The zero-order valence-corrected chi connectivity index (χ0v) is 19.2. The van der Waals surface area contributed by atoms with Gasteiger partial charge in [-0.25, -0.2) is 33.5 Å². The summed E-state index contributed by atoms with van der Waals surface area (Å²) in [6.45, 7) is 1.13. The monoisotopic (exact) mass is 497 g/mol. The summed E-state index contributed by atoms with van der Waals surface area (Å²) in [5, 5.41) is 19.4. The van der Waals surface area contributed by atoms with Gasteiger partial charge in [-0.2, -0.15) is 0 Å². The number of fused-ring (bicyclic) bond motifs is 1. The van der Waals surface area contributed by atoms with Gasteiger partial charge in [-0.1, -0.05) is 36.4 Å². The molecule has 36 heavy (non-hydrogen) atoms. The van der Waals surface area contributed by atoms with Crippen molar-refractivity contribution in [3.63, 3.8) is 0 Å². The number of carboxylic acid groups (broad SMARTS) is 2. The van der Waals surface area contributed by atoms with Crippen LogP contribution in [0.15, 0.2) is 76.5 Å². The van der Waals surface area contributed by atoms with Gasteiger partial charge in [0.2, 0.25) is 0 Å². The molecule has 2 aromatic carbocycles. The highest BCUT2D eigenvalue weighted by Crippen LogP contribution is 2.20. The number of carboxylic acids is 2. The van der Waals surface area contributed by atoms with E-state index in [9.17, 15) is 19.2 Å². The molecule has 0 radical (unpaired) electrons. The van der Waals surface area contributed by atoms with Crippen molar-refractivity contribution in [3.8, 4) is 0 Å². The number of hydrogen-bond acceptors (Lipinski definition) is 5. The predicted octanol–water partition coefficient (Wildman–Crippen LogP) is 0.304. The Kier molecular flexibility index (Phi) is 9.72. The maximum Gasteiger partial charge on any atom is 0.347 e. The van der Waals surface area contributed by atoms with Crippen molar-refractivity contribution in [2.75, 3.05) is 6.54 Å². The number of nitrogens with zero attached hydrogens (tertiary/aromatic N) is 2. The zero-order chi connectivity index (χ0) is 25.4. The second-order valence-electron chi connectivity index (χ2n) is 7.60. The Hall–Kier alpha value is -4.68. The summed E-state index contributed by atoms with van der Waals surface area (Å²) in [6.07, 6.45) is 3.87. The normalized spacial score (nSPS) is 10.6. The lowest BCUT2D eigenvalue weighted by Crippen LogP contribution is -2.29. The number of aliphatic carboxylic acids is 2. The average molecular weight is 498 g/mol. The van der Waals surface area contributed by atoms with Gasteiger partial charge in [-0.15, -0.1) is 0 Å². The minimum atomic E-state index is -1.26. The van der Waals surface area contributed by atoms with Crippen LogP contribution in [0.25, 0.3) is 10.9 Å². The molecular weight excluding hydrogens is 470 g/mol. The molecule has 0 saturated carbocycles. The van der Waals surface area contributed by atoms with E-state index in [0.29, 0.717) is 25.2 Å². The molecule has 0 saturated heterocycles. The molecule has 0 spiro atoms. The van der Waals surface area contributed by atoms with Gasteiger partial charge in [0, 0.05) is 29.3 Å². The molecule has 0 bridgehead atoms. The van der Waals surface area contributed by atoms with Crippen LogP contribution >= 0.6 is 0 Å². The Morgan fingerprint density at radius 3 is 2.22 bits per heavy atom. The van der Waals surface area contributed by atoms with Crippen LogP contribution in [0.1, 0.15) is 16.7 Å². The third-order valence-electron chi connectivity index (χ3n) is 5.08. The minimum absolute atomic E-state index is 0. The maximum absolute atomic E-state index is 12.7. The van der Waals surface area contributed by atoms with Crippen LogP contribution in [0.5, 0.6) is 0 Å². The highest BCUT2D eigenvalue weighted by Gasteiger charge is 2.11. The van der Waals surface area contributed by atoms with Crippen molar-refractivity contribution >= 4 is 22.8 Å². The van der Waals surface area contributed by atoms with E-state index in [1.165, 1.54) is 9.25 Å². The lowest BCUT2D eigenvalue weighted by molar-refractivity contribution is -0.134. The van der Waals surface area contributed by atoms with Crippen molar-refractivity contribution in [2.24, 2.45) is 5.73 Å². The second-order valence-corrected chi connectivity index (χ2v) is 7.60. The summed E-state index contributed by atoms with van der Waals surface area (Å²) < 4.78 is 2.56. The fraction of sp³-hybridized carbons (Fsp3) is 0.167. The Balaban J connectivity index is 0.000000442. The molecule has 0 fully saturated rings. The van der Waals surface area contributed by atoms with Crippen LogP contribution in [-0.2, 0) is 29.1 Å². The van der Waals surface area contributed by atoms with E-state index >= 15 is 0 Å². The number of aromatic amines is 2. The first-order valence-electron chi connectivity index (χ1n) is 10.6. The lowest BCUT2D eigenvalue weighted by atomic mass is 10.1. The van der Waals surface area contributed by atoms with Crippen molar-refractivity contribution < 1.29 is 25.3 Å². The van der Waals surface area contributed by atoms with Gasteiger partial charge in [0.05, 0.1) is 13.1 Å². The quantitative estimate of drug-likeness (QED) is 0.215. The molecule has 0 atom stereocenters.